The second-order valence-electron chi connectivity index (χ2n) is 4.00. The van der Waals surface area contributed by atoms with Crippen LogP contribution < -0.4 is 10.6 Å². The maximum Gasteiger partial charge on any atom is 0.244 e. The Hall–Kier alpha value is -2.01. The molecule has 0 aromatic heterocycles. The topological polar surface area (TPSA) is 88.7 Å². The van der Waals surface area contributed by atoms with Crippen molar-refractivity contribution in [1.82, 2.24) is 10.6 Å². The Balaban J connectivity index is 2.15. The SMILES string of the molecule is N#CCC1NC(=C2CC2)C(CC#N)NC1=O. The fraction of sp³-hybridized carbons (Fsp3) is 0.545. The maximum absolute atomic E-state index is 11.6. The number of carbonyl (C=O) groups is 1. The zero-order valence-corrected chi connectivity index (χ0v) is 8.79. The molecule has 2 rings (SSSR count). The van der Waals surface area contributed by atoms with E-state index >= 15 is 0 Å². The minimum absolute atomic E-state index is 0.155. The first kappa shape index (κ1) is 10.5. The molecule has 5 heteroatoms. The van der Waals surface area contributed by atoms with E-state index in [0.29, 0.717) is 0 Å². The van der Waals surface area contributed by atoms with E-state index in [1.807, 2.05) is 6.07 Å². The number of hydrogen-bond donors (Lipinski definition) is 2. The van der Waals surface area contributed by atoms with Crippen molar-refractivity contribution in [3.63, 3.8) is 0 Å². The molecule has 1 saturated carbocycles. The lowest BCUT2D eigenvalue weighted by molar-refractivity contribution is -0.124. The molecule has 1 aliphatic carbocycles. The van der Waals surface area contributed by atoms with E-state index in [9.17, 15) is 4.79 Å². The van der Waals surface area contributed by atoms with E-state index in [1.165, 1.54) is 5.57 Å². The van der Waals surface area contributed by atoms with Gasteiger partial charge in [-0.05, 0) is 18.4 Å². The second-order valence-corrected chi connectivity index (χ2v) is 4.00. The minimum Gasteiger partial charge on any atom is -0.375 e. The van der Waals surface area contributed by atoms with Crippen molar-refractivity contribution >= 4 is 5.91 Å². The van der Waals surface area contributed by atoms with Crippen molar-refractivity contribution in [2.45, 2.75) is 37.8 Å². The predicted molar refractivity (Wildman–Crippen MR) is 55.6 cm³/mol. The Morgan fingerprint density at radius 3 is 2.31 bits per heavy atom. The first-order chi connectivity index (χ1) is 7.76. The van der Waals surface area contributed by atoms with Gasteiger partial charge in [-0.25, -0.2) is 0 Å². The summed E-state index contributed by atoms with van der Waals surface area (Å²) in [5.74, 6) is -0.188. The highest BCUT2D eigenvalue weighted by Crippen LogP contribution is 2.33. The Bertz CT molecular complexity index is 420. The Morgan fingerprint density at radius 1 is 1.12 bits per heavy atom. The summed E-state index contributed by atoms with van der Waals surface area (Å²) in [6, 6.07) is 3.36. The van der Waals surface area contributed by atoms with Gasteiger partial charge in [0.05, 0.1) is 31.0 Å². The quantitative estimate of drug-likeness (QED) is 0.695. The van der Waals surface area contributed by atoms with Gasteiger partial charge in [-0.3, -0.25) is 4.79 Å². The third-order valence-corrected chi connectivity index (χ3v) is 2.78. The highest BCUT2D eigenvalue weighted by molar-refractivity contribution is 5.84. The first-order valence-electron chi connectivity index (χ1n) is 5.29. The lowest BCUT2D eigenvalue weighted by atomic mass is 10.0. The summed E-state index contributed by atoms with van der Waals surface area (Å²) in [5, 5.41) is 23.2. The van der Waals surface area contributed by atoms with Crippen LogP contribution >= 0.6 is 0 Å². The Labute approximate surface area is 93.7 Å². The van der Waals surface area contributed by atoms with Crippen molar-refractivity contribution < 1.29 is 4.79 Å². The van der Waals surface area contributed by atoms with Gasteiger partial charge in [0, 0.05) is 5.70 Å². The average molecular weight is 216 g/mol. The number of allylic oxidation sites excluding steroid dienone is 1. The van der Waals surface area contributed by atoms with Gasteiger partial charge in [-0.2, -0.15) is 10.5 Å². The summed E-state index contributed by atoms with van der Waals surface area (Å²) in [6.45, 7) is 0. The molecule has 1 saturated heterocycles. The summed E-state index contributed by atoms with van der Waals surface area (Å²) in [6.07, 6.45) is 2.48. The molecule has 2 unspecified atom stereocenters. The summed E-state index contributed by atoms with van der Waals surface area (Å²) in [5.41, 5.74) is 2.23. The van der Waals surface area contributed by atoms with Crippen LogP contribution in [0.15, 0.2) is 11.3 Å². The highest BCUT2D eigenvalue weighted by Gasteiger charge is 2.34. The molecule has 2 atom stereocenters. The molecular formula is C11H12N4O. The summed E-state index contributed by atoms with van der Waals surface area (Å²) in [4.78, 5) is 11.6. The standard InChI is InChI=1S/C11H12N4O/c12-5-3-8-10(7-1-2-7)14-9(4-6-13)11(16)15-8/h8-9,14H,1-4H2,(H,15,16). The molecule has 0 radical (unpaired) electrons. The Kier molecular flexibility index (Phi) is 2.78. The van der Waals surface area contributed by atoms with Crippen LogP contribution in [0.5, 0.6) is 0 Å². The third-order valence-electron chi connectivity index (χ3n) is 2.78. The van der Waals surface area contributed by atoms with Gasteiger partial charge in [-0.1, -0.05) is 0 Å². The van der Waals surface area contributed by atoms with Gasteiger partial charge >= 0.3 is 0 Å². The van der Waals surface area contributed by atoms with Crippen LogP contribution in [0, 0.1) is 22.7 Å². The van der Waals surface area contributed by atoms with Crippen molar-refractivity contribution in [1.29, 1.82) is 10.5 Å². The molecule has 0 aromatic carbocycles. The second kappa shape index (κ2) is 4.24. The molecule has 1 aliphatic heterocycles. The molecule has 1 heterocycles. The maximum atomic E-state index is 11.6. The summed E-state index contributed by atoms with van der Waals surface area (Å²) in [7, 11) is 0. The molecule has 2 fully saturated rings. The van der Waals surface area contributed by atoms with Crippen LogP contribution in [0.25, 0.3) is 0 Å². The van der Waals surface area contributed by atoms with Gasteiger partial charge in [0.1, 0.15) is 6.04 Å². The largest absolute Gasteiger partial charge is 0.375 e. The number of amides is 1. The van der Waals surface area contributed by atoms with Crippen LogP contribution in [0.3, 0.4) is 0 Å². The minimum atomic E-state index is -0.469. The molecule has 16 heavy (non-hydrogen) atoms. The van der Waals surface area contributed by atoms with Crippen LogP contribution in [-0.4, -0.2) is 18.0 Å². The molecule has 0 bridgehead atoms. The molecule has 2 N–H and O–H groups in total. The van der Waals surface area contributed by atoms with Gasteiger partial charge in [-0.15, -0.1) is 0 Å². The zero-order valence-electron chi connectivity index (χ0n) is 8.79. The normalized spacial score (nSPS) is 27.5. The van der Waals surface area contributed by atoms with Gasteiger partial charge in [0.25, 0.3) is 0 Å². The summed E-state index contributed by atoms with van der Waals surface area (Å²) >= 11 is 0. The number of rotatable bonds is 2. The third kappa shape index (κ3) is 1.99. The lowest BCUT2D eigenvalue weighted by Crippen LogP contribution is -2.56. The molecular weight excluding hydrogens is 204 g/mol. The molecule has 0 aromatic rings. The molecule has 1 amide bonds. The number of nitrogens with one attached hydrogen (secondary N) is 2. The van der Waals surface area contributed by atoms with Crippen LogP contribution in [0.2, 0.25) is 0 Å². The van der Waals surface area contributed by atoms with Gasteiger partial charge < -0.3 is 10.6 Å². The monoisotopic (exact) mass is 216 g/mol. The first-order valence-corrected chi connectivity index (χ1v) is 5.29. The summed E-state index contributed by atoms with van der Waals surface area (Å²) < 4.78 is 0. The average Bonchev–Trinajstić information content (AvgIpc) is 3.06. The zero-order chi connectivity index (χ0) is 11.5. The Morgan fingerprint density at radius 2 is 1.75 bits per heavy atom. The van der Waals surface area contributed by atoms with E-state index in [4.69, 9.17) is 10.5 Å². The number of nitriles is 2. The van der Waals surface area contributed by atoms with Gasteiger partial charge in [0.2, 0.25) is 5.91 Å². The van der Waals surface area contributed by atoms with E-state index < -0.39 is 6.04 Å². The van der Waals surface area contributed by atoms with Crippen molar-refractivity contribution in [2.24, 2.45) is 0 Å². The number of piperazine rings is 1. The van der Waals surface area contributed by atoms with Crippen LogP contribution in [0.4, 0.5) is 0 Å². The number of nitrogens with zero attached hydrogens (tertiary/aromatic N) is 2. The lowest BCUT2D eigenvalue weighted by Gasteiger charge is -2.31. The molecule has 0 spiro atoms. The fourth-order valence-corrected chi connectivity index (χ4v) is 1.86. The van der Waals surface area contributed by atoms with E-state index in [-0.39, 0.29) is 24.8 Å². The van der Waals surface area contributed by atoms with Gasteiger partial charge in [0.15, 0.2) is 0 Å². The predicted octanol–water partition coefficient (Wildman–Crippen LogP) is 0.318. The van der Waals surface area contributed by atoms with Crippen molar-refractivity contribution in [3.05, 3.63) is 11.3 Å². The number of hydrogen-bond acceptors (Lipinski definition) is 4. The van der Waals surface area contributed by atoms with Crippen LogP contribution in [0.1, 0.15) is 25.7 Å². The van der Waals surface area contributed by atoms with Crippen molar-refractivity contribution in [2.75, 3.05) is 0 Å². The van der Waals surface area contributed by atoms with E-state index in [2.05, 4.69) is 16.7 Å². The molecule has 2 aliphatic rings. The highest BCUT2D eigenvalue weighted by atomic mass is 16.2. The molecule has 82 valence electrons. The van der Waals surface area contributed by atoms with E-state index in [1.54, 1.807) is 0 Å². The van der Waals surface area contributed by atoms with E-state index in [0.717, 1.165) is 18.5 Å². The fourth-order valence-electron chi connectivity index (χ4n) is 1.86. The smallest absolute Gasteiger partial charge is 0.244 e. The van der Waals surface area contributed by atoms with Crippen LogP contribution in [-0.2, 0) is 4.79 Å². The van der Waals surface area contributed by atoms with Crippen molar-refractivity contribution in [3.8, 4) is 12.1 Å². The number of carbonyl (C=O) groups excluding carboxylic acids is 1. The molecule has 5 nitrogen and oxygen atoms in total.